The minimum atomic E-state index is -0.561. The summed E-state index contributed by atoms with van der Waals surface area (Å²) in [7, 11) is 0. The third-order valence-electron chi connectivity index (χ3n) is 4.16. The van der Waals surface area contributed by atoms with Crippen LogP contribution in [0.4, 0.5) is 17.1 Å². The Morgan fingerprint density at radius 1 is 1.08 bits per heavy atom. The van der Waals surface area contributed by atoms with Crippen LogP contribution in [0, 0.1) is 0 Å². The number of piperazine rings is 1. The Bertz CT molecular complexity index is 745. The molecule has 2 aromatic rings. The van der Waals surface area contributed by atoms with Gasteiger partial charge >= 0.3 is 0 Å². The number of hydrogen-bond donors (Lipinski definition) is 3. The number of amides is 1. The molecule has 1 aliphatic rings. The highest BCUT2D eigenvalue weighted by Crippen LogP contribution is 2.26. The zero-order chi connectivity index (χ0) is 17.1. The number of anilines is 3. The van der Waals surface area contributed by atoms with Crippen molar-refractivity contribution in [3.63, 3.8) is 0 Å². The Balaban J connectivity index is 1.76. The number of hydroxylamine groups is 1. The molecule has 0 saturated carbocycles. The van der Waals surface area contributed by atoms with E-state index in [-0.39, 0.29) is 0 Å². The molecule has 0 unspecified atom stereocenters. The van der Waals surface area contributed by atoms with Crippen molar-refractivity contribution in [2.24, 2.45) is 0 Å². The van der Waals surface area contributed by atoms with E-state index >= 15 is 0 Å². The van der Waals surface area contributed by atoms with Crippen molar-refractivity contribution >= 4 is 34.6 Å². The van der Waals surface area contributed by atoms with Crippen LogP contribution in [-0.2, 0) is 0 Å². The van der Waals surface area contributed by atoms with Gasteiger partial charge in [-0.15, -0.1) is 0 Å². The van der Waals surface area contributed by atoms with E-state index in [2.05, 4.69) is 9.80 Å². The van der Waals surface area contributed by atoms with Crippen molar-refractivity contribution in [1.82, 2.24) is 5.48 Å². The van der Waals surface area contributed by atoms with E-state index in [0.29, 0.717) is 11.3 Å². The van der Waals surface area contributed by atoms with Gasteiger partial charge in [0.25, 0.3) is 5.91 Å². The highest BCUT2D eigenvalue weighted by Gasteiger charge is 2.22. The molecule has 1 fully saturated rings. The van der Waals surface area contributed by atoms with Gasteiger partial charge in [0.05, 0.1) is 5.56 Å². The minimum Gasteiger partial charge on any atom is -0.399 e. The van der Waals surface area contributed by atoms with Crippen molar-refractivity contribution in [3.05, 3.63) is 53.1 Å². The normalized spacial score (nSPS) is 14.6. The first kappa shape index (κ1) is 16.4. The van der Waals surface area contributed by atoms with Crippen molar-refractivity contribution in [1.29, 1.82) is 0 Å². The number of hydrogen-bond acceptors (Lipinski definition) is 5. The van der Waals surface area contributed by atoms with Crippen molar-refractivity contribution in [3.8, 4) is 0 Å². The highest BCUT2D eigenvalue weighted by atomic mass is 35.5. The summed E-state index contributed by atoms with van der Waals surface area (Å²) in [5.41, 5.74) is 10.1. The summed E-state index contributed by atoms with van der Waals surface area (Å²) in [5.74, 6) is -0.561. The summed E-state index contributed by atoms with van der Waals surface area (Å²) in [5, 5.41) is 9.66. The molecule has 0 atom stereocenters. The van der Waals surface area contributed by atoms with Crippen molar-refractivity contribution in [2.45, 2.75) is 0 Å². The molecular weight excluding hydrogens is 328 g/mol. The van der Waals surface area contributed by atoms with Crippen LogP contribution in [0.25, 0.3) is 0 Å². The van der Waals surface area contributed by atoms with Gasteiger partial charge in [0.1, 0.15) is 0 Å². The largest absolute Gasteiger partial charge is 0.399 e. The average molecular weight is 347 g/mol. The van der Waals surface area contributed by atoms with E-state index in [1.165, 1.54) is 0 Å². The topological polar surface area (TPSA) is 81.8 Å². The van der Waals surface area contributed by atoms with E-state index < -0.39 is 5.91 Å². The molecule has 0 aliphatic carbocycles. The maximum atomic E-state index is 11.9. The number of halogens is 1. The maximum Gasteiger partial charge on any atom is 0.276 e. The van der Waals surface area contributed by atoms with Gasteiger partial charge in [0.2, 0.25) is 0 Å². The van der Waals surface area contributed by atoms with Crippen LogP contribution >= 0.6 is 11.6 Å². The maximum absolute atomic E-state index is 11.9. The number of rotatable bonds is 3. The van der Waals surface area contributed by atoms with Gasteiger partial charge in [0.15, 0.2) is 0 Å². The van der Waals surface area contributed by atoms with Gasteiger partial charge in [-0.25, -0.2) is 5.48 Å². The summed E-state index contributed by atoms with van der Waals surface area (Å²) in [4.78, 5) is 16.3. The Kier molecular flexibility index (Phi) is 4.78. The molecule has 1 amide bonds. The van der Waals surface area contributed by atoms with Gasteiger partial charge in [-0.1, -0.05) is 17.7 Å². The van der Waals surface area contributed by atoms with Gasteiger partial charge in [0, 0.05) is 48.3 Å². The number of carbonyl (C=O) groups excluding carboxylic acids is 1. The summed E-state index contributed by atoms with van der Waals surface area (Å²) >= 11 is 6.06. The molecule has 6 nitrogen and oxygen atoms in total. The van der Waals surface area contributed by atoms with Crippen LogP contribution in [0.15, 0.2) is 42.5 Å². The molecule has 1 heterocycles. The fourth-order valence-corrected chi connectivity index (χ4v) is 3.13. The predicted molar refractivity (Wildman–Crippen MR) is 96.0 cm³/mol. The van der Waals surface area contributed by atoms with E-state index in [1.807, 2.05) is 30.3 Å². The van der Waals surface area contributed by atoms with E-state index in [1.54, 1.807) is 17.6 Å². The highest BCUT2D eigenvalue weighted by molar-refractivity contribution is 6.30. The van der Waals surface area contributed by atoms with Gasteiger partial charge in [-0.2, -0.15) is 0 Å². The first-order chi connectivity index (χ1) is 11.6. The molecule has 126 valence electrons. The van der Waals surface area contributed by atoms with E-state index in [9.17, 15) is 4.79 Å². The average Bonchev–Trinajstić information content (AvgIpc) is 2.61. The molecule has 2 aromatic carbocycles. The zero-order valence-corrected chi connectivity index (χ0v) is 13.8. The number of carbonyl (C=O) groups is 1. The summed E-state index contributed by atoms with van der Waals surface area (Å²) in [6, 6.07) is 12.9. The van der Waals surface area contributed by atoms with Gasteiger partial charge < -0.3 is 15.5 Å². The number of nitrogens with two attached hydrogens (primary N) is 1. The molecule has 0 spiro atoms. The molecule has 3 rings (SSSR count). The predicted octanol–water partition coefficient (Wildman–Crippen LogP) is 2.37. The Morgan fingerprint density at radius 3 is 2.46 bits per heavy atom. The monoisotopic (exact) mass is 346 g/mol. The summed E-state index contributed by atoms with van der Waals surface area (Å²) < 4.78 is 0. The SMILES string of the molecule is Nc1ccc(N2CCN(c3cccc(Cl)c3)CC2)c(C(=O)NO)c1. The standard InChI is InChI=1S/C17H19ClN4O2/c18-12-2-1-3-14(10-12)21-6-8-22(9-7-21)16-5-4-13(19)11-15(16)17(23)20-24/h1-5,10-11,24H,6-9,19H2,(H,20,23). The fraction of sp³-hybridized carbons (Fsp3) is 0.235. The second-order valence-electron chi connectivity index (χ2n) is 5.67. The van der Waals surface area contributed by atoms with Crippen LogP contribution < -0.4 is 21.0 Å². The number of benzene rings is 2. The van der Waals surface area contributed by atoms with E-state index in [0.717, 1.165) is 42.6 Å². The number of nitrogens with zero attached hydrogens (tertiary/aromatic N) is 2. The molecule has 1 aliphatic heterocycles. The molecule has 24 heavy (non-hydrogen) atoms. The van der Waals surface area contributed by atoms with Gasteiger partial charge in [-0.05, 0) is 36.4 Å². The molecule has 7 heteroatoms. The second kappa shape index (κ2) is 6.98. The van der Waals surface area contributed by atoms with Crippen LogP contribution in [0.5, 0.6) is 0 Å². The lowest BCUT2D eigenvalue weighted by atomic mass is 10.1. The number of nitrogen functional groups attached to an aromatic ring is 1. The Labute approximate surface area is 145 Å². The Hall–Kier alpha value is -2.44. The molecule has 4 N–H and O–H groups in total. The summed E-state index contributed by atoms with van der Waals surface area (Å²) in [6.45, 7) is 3.13. The Morgan fingerprint density at radius 2 is 1.79 bits per heavy atom. The second-order valence-corrected chi connectivity index (χ2v) is 6.11. The zero-order valence-electron chi connectivity index (χ0n) is 13.1. The van der Waals surface area contributed by atoms with Crippen molar-refractivity contribution in [2.75, 3.05) is 41.7 Å². The first-order valence-corrected chi connectivity index (χ1v) is 8.05. The van der Waals surface area contributed by atoms with Gasteiger partial charge in [-0.3, -0.25) is 10.0 Å². The van der Waals surface area contributed by atoms with Crippen molar-refractivity contribution < 1.29 is 10.0 Å². The lowest BCUT2D eigenvalue weighted by Crippen LogP contribution is -2.47. The molecule has 0 bridgehead atoms. The molecular formula is C17H19ClN4O2. The molecule has 1 saturated heterocycles. The number of nitrogens with one attached hydrogen (secondary N) is 1. The van der Waals surface area contributed by atoms with Crippen LogP contribution in [0.3, 0.4) is 0 Å². The fourth-order valence-electron chi connectivity index (χ4n) is 2.95. The van der Waals surface area contributed by atoms with Crippen LogP contribution in [-0.4, -0.2) is 37.3 Å². The van der Waals surface area contributed by atoms with Crippen LogP contribution in [0.1, 0.15) is 10.4 Å². The third-order valence-corrected chi connectivity index (χ3v) is 4.40. The molecule has 0 radical (unpaired) electrons. The molecule has 0 aromatic heterocycles. The quantitative estimate of drug-likeness (QED) is 0.451. The summed E-state index contributed by atoms with van der Waals surface area (Å²) in [6.07, 6.45) is 0. The van der Waals surface area contributed by atoms with E-state index in [4.69, 9.17) is 22.5 Å². The third kappa shape index (κ3) is 3.39. The first-order valence-electron chi connectivity index (χ1n) is 7.68. The smallest absolute Gasteiger partial charge is 0.276 e. The van der Waals surface area contributed by atoms with Crippen LogP contribution in [0.2, 0.25) is 5.02 Å². The lowest BCUT2D eigenvalue weighted by Gasteiger charge is -2.38. The lowest BCUT2D eigenvalue weighted by molar-refractivity contribution is 0.0707. The minimum absolute atomic E-state index is 0.369.